The molecule has 0 aromatic carbocycles. The summed E-state index contributed by atoms with van der Waals surface area (Å²) in [5, 5.41) is 26.6. The largest absolute Gasteiger partial charge is 0.481 e. The Balaban J connectivity index is 3.10. The molecule has 0 amide bonds. The number of carbonyl (C=O) groups is 1. The molecule has 1 aromatic rings. The van der Waals surface area contributed by atoms with Crippen molar-refractivity contribution in [1.29, 1.82) is 0 Å². The predicted molar refractivity (Wildman–Crippen MR) is 64.0 cm³/mol. The highest BCUT2D eigenvalue weighted by molar-refractivity contribution is 7.99. The van der Waals surface area contributed by atoms with Gasteiger partial charge in [0.1, 0.15) is 6.10 Å². The average Bonchev–Trinajstić information content (AvgIpc) is 2.57. The molecule has 0 aliphatic rings. The van der Waals surface area contributed by atoms with Crippen molar-refractivity contribution in [2.45, 2.75) is 44.5 Å². The van der Waals surface area contributed by atoms with Crippen molar-refractivity contribution in [2.75, 3.05) is 5.75 Å². The zero-order valence-electron chi connectivity index (χ0n) is 10.3. The Labute approximate surface area is 104 Å². The lowest BCUT2D eigenvalue weighted by Crippen LogP contribution is -2.26. The second kappa shape index (κ2) is 5.05. The summed E-state index contributed by atoms with van der Waals surface area (Å²) in [5.41, 5.74) is -0.309. The highest BCUT2D eigenvalue weighted by Gasteiger charge is 2.25. The molecule has 0 saturated heterocycles. The van der Waals surface area contributed by atoms with E-state index in [1.54, 1.807) is 11.5 Å². The van der Waals surface area contributed by atoms with Crippen LogP contribution < -0.4 is 0 Å². The van der Waals surface area contributed by atoms with Crippen molar-refractivity contribution in [2.24, 2.45) is 0 Å². The smallest absolute Gasteiger partial charge is 0.313 e. The molecule has 0 unspecified atom stereocenters. The molecule has 96 valence electrons. The van der Waals surface area contributed by atoms with Crippen LogP contribution in [0.5, 0.6) is 0 Å². The fourth-order valence-corrected chi connectivity index (χ4v) is 2.25. The standard InChI is InChI=1S/C10H17N3O3S/c1-6(14)8-11-12-9(17-5-7(15)16)13(8)10(2,3)4/h6,14H,5H2,1-4H3,(H,15,16)/t6-/m0/s1. The van der Waals surface area contributed by atoms with Gasteiger partial charge in [0.05, 0.1) is 5.75 Å². The van der Waals surface area contributed by atoms with Crippen LogP contribution in [0.25, 0.3) is 0 Å². The van der Waals surface area contributed by atoms with Crippen LogP contribution >= 0.6 is 11.8 Å². The highest BCUT2D eigenvalue weighted by atomic mass is 32.2. The van der Waals surface area contributed by atoms with Gasteiger partial charge < -0.3 is 10.2 Å². The van der Waals surface area contributed by atoms with Crippen LogP contribution in [0.15, 0.2) is 5.16 Å². The van der Waals surface area contributed by atoms with E-state index in [2.05, 4.69) is 10.2 Å². The Morgan fingerprint density at radius 2 is 2.06 bits per heavy atom. The molecule has 0 aliphatic carbocycles. The summed E-state index contributed by atoms with van der Waals surface area (Å²) in [6.07, 6.45) is -0.735. The molecule has 1 atom stereocenters. The fraction of sp³-hybridized carbons (Fsp3) is 0.700. The van der Waals surface area contributed by atoms with Crippen molar-refractivity contribution in [1.82, 2.24) is 14.8 Å². The van der Waals surface area contributed by atoms with Gasteiger partial charge in [0.15, 0.2) is 11.0 Å². The number of aliphatic carboxylic acids is 1. The van der Waals surface area contributed by atoms with Gasteiger partial charge in [-0.3, -0.25) is 9.36 Å². The van der Waals surface area contributed by atoms with Gasteiger partial charge in [-0.25, -0.2) is 0 Å². The van der Waals surface area contributed by atoms with E-state index in [1.807, 2.05) is 20.8 Å². The van der Waals surface area contributed by atoms with E-state index in [0.29, 0.717) is 11.0 Å². The molecule has 0 saturated carbocycles. The van der Waals surface area contributed by atoms with Crippen molar-refractivity contribution >= 4 is 17.7 Å². The van der Waals surface area contributed by atoms with E-state index in [9.17, 15) is 9.90 Å². The first-order valence-electron chi connectivity index (χ1n) is 5.22. The minimum atomic E-state index is -0.906. The topological polar surface area (TPSA) is 88.2 Å². The lowest BCUT2D eigenvalue weighted by atomic mass is 10.1. The Kier molecular flexibility index (Phi) is 4.16. The van der Waals surface area contributed by atoms with E-state index in [0.717, 1.165) is 11.8 Å². The summed E-state index contributed by atoms with van der Waals surface area (Å²) >= 11 is 1.10. The number of carboxylic acid groups (broad SMARTS) is 1. The van der Waals surface area contributed by atoms with E-state index in [4.69, 9.17) is 5.11 Å². The number of hydrogen-bond acceptors (Lipinski definition) is 5. The zero-order valence-corrected chi connectivity index (χ0v) is 11.2. The van der Waals surface area contributed by atoms with E-state index in [-0.39, 0.29) is 11.3 Å². The molecule has 7 heteroatoms. The van der Waals surface area contributed by atoms with Crippen molar-refractivity contribution < 1.29 is 15.0 Å². The Morgan fingerprint density at radius 3 is 2.47 bits per heavy atom. The molecule has 1 rings (SSSR count). The maximum absolute atomic E-state index is 10.5. The Morgan fingerprint density at radius 1 is 1.47 bits per heavy atom. The summed E-state index contributed by atoms with van der Waals surface area (Å²) in [7, 11) is 0. The van der Waals surface area contributed by atoms with Crippen molar-refractivity contribution in [3.05, 3.63) is 5.82 Å². The molecule has 1 aromatic heterocycles. The summed E-state index contributed by atoms with van der Waals surface area (Å²) in [6.45, 7) is 7.46. The normalized spacial score (nSPS) is 13.7. The molecule has 17 heavy (non-hydrogen) atoms. The third-order valence-corrected chi connectivity index (χ3v) is 2.94. The van der Waals surface area contributed by atoms with Gasteiger partial charge in [0.25, 0.3) is 0 Å². The average molecular weight is 259 g/mol. The fourth-order valence-electron chi connectivity index (χ4n) is 1.40. The number of carboxylic acids is 1. The number of nitrogens with zero attached hydrogens (tertiary/aromatic N) is 3. The third-order valence-electron chi connectivity index (χ3n) is 2.03. The van der Waals surface area contributed by atoms with E-state index < -0.39 is 12.1 Å². The molecule has 0 spiro atoms. The SMILES string of the molecule is C[C@H](O)c1nnc(SCC(=O)O)n1C(C)(C)C. The maximum Gasteiger partial charge on any atom is 0.313 e. The monoisotopic (exact) mass is 259 g/mol. The number of thioether (sulfide) groups is 1. The maximum atomic E-state index is 10.5. The quantitative estimate of drug-likeness (QED) is 0.791. The van der Waals surface area contributed by atoms with Crippen molar-refractivity contribution in [3.8, 4) is 0 Å². The van der Waals surface area contributed by atoms with Gasteiger partial charge >= 0.3 is 5.97 Å². The van der Waals surface area contributed by atoms with E-state index in [1.165, 1.54) is 0 Å². The molecule has 1 heterocycles. The van der Waals surface area contributed by atoms with Crippen LogP contribution in [-0.2, 0) is 10.3 Å². The predicted octanol–water partition coefficient (Wildman–Crippen LogP) is 1.26. The highest BCUT2D eigenvalue weighted by Crippen LogP contribution is 2.27. The lowest BCUT2D eigenvalue weighted by Gasteiger charge is -2.25. The van der Waals surface area contributed by atoms with Gasteiger partial charge in [-0.05, 0) is 27.7 Å². The summed E-state index contributed by atoms with van der Waals surface area (Å²) in [5.74, 6) is -0.531. The van der Waals surface area contributed by atoms with Crippen LogP contribution in [0.2, 0.25) is 0 Å². The minimum absolute atomic E-state index is 0.0754. The van der Waals surface area contributed by atoms with Gasteiger partial charge in [-0.1, -0.05) is 11.8 Å². The van der Waals surface area contributed by atoms with Crippen molar-refractivity contribution in [3.63, 3.8) is 0 Å². The molecule has 0 radical (unpaired) electrons. The Bertz CT molecular complexity index is 409. The Hall–Kier alpha value is -1.08. The van der Waals surface area contributed by atoms with Crippen LogP contribution in [0.4, 0.5) is 0 Å². The number of aliphatic hydroxyl groups excluding tert-OH is 1. The van der Waals surface area contributed by atoms with Crippen LogP contribution in [0.3, 0.4) is 0 Å². The molecular weight excluding hydrogens is 242 g/mol. The zero-order chi connectivity index (χ0) is 13.2. The molecule has 0 fully saturated rings. The molecular formula is C10H17N3O3S. The van der Waals surface area contributed by atoms with Crippen LogP contribution in [0, 0.1) is 0 Å². The molecule has 2 N–H and O–H groups in total. The van der Waals surface area contributed by atoms with Gasteiger partial charge in [-0.2, -0.15) is 0 Å². The minimum Gasteiger partial charge on any atom is -0.481 e. The first kappa shape index (κ1) is 14.0. The number of aliphatic hydroxyl groups is 1. The third kappa shape index (κ3) is 3.44. The molecule has 6 nitrogen and oxygen atoms in total. The van der Waals surface area contributed by atoms with E-state index >= 15 is 0 Å². The van der Waals surface area contributed by atoms with Gasteiger partial charge in [-0.15, -0.1) is 10.2 Å². The number of hydrogen-bond donors (Lipinski definition) is 2. The molecule has 0 bridgehead atoms. The molecule has 0 aliphatic heterocycles. The second-order valence-electron chi connectivity index (χ2n) is 4.71. The first-order chi connectivity index (χ1) is 7.73. The second-order valence-corrected chi connectivity index (χ2v) is 5.65. The lowest BCUT2D eigenvalue weighted by molar-refractivity contribution is -0.133. The van der Waals surface area contributed by atoms with Gasteiger partial charge in [0.2, 0.25) is 0 Å². The van der Waals surface area contributed by atoms with Gasteiger partial charge in [0, 0.05) is 5.54 Å². The van der Waals surface area contributed by atoms with Crippen LogP contribution in [0.1, 0.15) is 39.6 Å². The summed E-state index contributed by atoms with van der Waals surface area (Å²) in [4.78, 5) is 10.5. The summed E-state index contributed by atoms with van der Waals surface area (Å²) in [6, 6.07) is 0. The number of rotatable bonds is 4. The first-order valence-corrected chi connectivity index (χ1v) is 6.20. The number of aromatic nitrogens is 3. The van der Waals surface area contributed by atoms with Crippen LogP contribution in [-0.4, -0.2) is 36.7 Å². The summed E-state index contributed by atoms with van der Waals surface area (Å²) < 4.78 is 1.77.